The van der Waals surface area contributed by atoms with Gasteiger partial charge in [-0.1, -0.05) is 5.92 Å². The molecule has 1 fully saturated rings. The van der Waals surface area contributed by atoms with Crippen molar-refractivity contribution in [2.45, 2.75) is 6.92 Å². The lowest BCUT2D eigenvalue weighted by molar-refractivity contribution is 0.0731. The minimum atomic E-state index is -3.26. The van der Waals surface area contributed by atoms with Crippen molar-refractivity contribution in [3.05, 3.63) is 0 Å². The average Bonchev–Trinajstić information content (AvgIpc) is 2.45. The first-order chi connectivity index (χ1) is 9.60. The molecule has 2 N–H and O–H groups in total. The third-order valence-electron chi connectivity index (χ3n) is 2.68. The number of hydrogen-bond donors (Lipinski definition) is 2. The van der Waals surface area contributed by atoms with Crippen LogP contribution < -0.4 is 10.6 Å². The van der Waals surface area contributed by atoms with Gasteiger partial charge in [0.25, 0.3) is 0 Å². The zero-order valence-electron chi connectivity index (χ0n) is 12.2. The second-order valence-electron chi connectivity index (χ2n) is 4.15. The van der Waals surface area contributed by atoms with Gasteiger partial charge in [0.15, 0.2) is 5.96 Å². The molecule has 21 heavy (non-hydrogen) atoms. The largest absolute Gasteiger partial charge is 0.379 e. The summed E-state index contributed by atoms with van der Waals surface area (Å²) < 4.78 is 30.7. The number of morpholine rings is 1. The van der Waals surface area contributed by atoms with Crippen molar-refractivity contribution in [1.82, 2.24) is 14.9 Å². The fraction of sp³-hybridized carbons (Fsp3) is 0.750. The van der Waals surface area contributed by atoms with Gasteiger partial charge in [-0.2, -0.15) is 4.31 Å². The van der Waals surface area contributed by atoms with Gasteiger partial charge in [0.2, 0.25) is 10.0 Å². The van der Waals surface area contributed by atoms with Gasteiger partial charge in [0.05, 0.1) is 32.1 Å². The Labute approximate surface area is 144 Å². The highest BCUT2D eigenvalue weighted by molar-refractivity contribution is 14.0. The first-order valence-corrected chi connectivity index (χ1v) is 8.22. The number of sulfonamides is 1. The van der Waals surface area contributed by atoms with Gasteiger partial charge >= 0.3 is 0 Å². The van der Waals surface area contributed by atoms with Gasteiger partial charge in [-0.3, -0.25) is 4.99 Å². The van der Waals surface area contributed by atoms with E-state index >= 15 is 0 Å². The van der Waals surface area contributed by atoms with E-state index in [-0.39, 0.29) is 36.3 Å². The molecule has 0 bridgehead atoms. The summed E-state index contributed by atoms with van der Waals surface area (Å²) in [5.41, 5.74) is 0. The molecule has 1 heterocycles. The summed E-state index contributed by atoms with van der Waals surface area (Å²) in [4.78, 5) is 4.19. The van der Waals surface area contributed by atoms with E-state index in [1.165, 1.54) is 4.31 Å². The molecule has 0 radical (unpaired) electrons. The predicted molar refractivity (Wildman–Crippen MR) is 94.4 cm³/mol. The smallest absolute Gasteiger partial charge is 0.216 e. The Hall–Kier alpha value is -0.570. The van der Waals surface area contributed by atoms with Crippen LogP contribution in [0.4, 0.5) is 0 Å². The van der Waals surface area contributed by atoms with E-state index in [1.54, 1.807) is 0 Å². The van der Waals surface area contributed by atoms with Gasteiger partial charge in [0, 0.05) is 19.6 Å². The zero-order valence-corrected chi connectivity index (χ0v) is 15.3. The number of nitrogens with one attached hydrogen (secondary N) is 2. The molecular weight excluding hydrogens is 407 g/mol. The quantitative estimate of drug-likeness (QED) is 0.256. The molecule has 0 aromatic rings. The fourth-order valence-corrected chi connectivity index (χ4v) is 2.99. The van der Waals surface area contributed by atoms with E-state index in [2.05, 4.69) is 21.5 Å². The molecule has 1 saturated heterocycles. The van der Waals surface area contributed by atoms with Gasteiger partial charge < -0.3 is 15.4 Å². The Morgan fingerprint density at radius 3 is 2.62 bits per heavy atom. The molecule has 1 aliphatic heterocycles. The number of ether oxygens (including phenoxy) is 1. The summed E-state index contributed by atoms with van der Waals surface area (Å²) in [7, 11) is -3.26. The van der Waals surface area contributed by atoms with Crippen molar-refractivity contribution in [2.24, 2.45) is 4.99 Å². The molecule has 1 rings (SSSR count). The molecule has 9 heteroatoms. The number of guanidine groups is 1. The molecule has 0 aliphatic carbocycles. The minimum Gasteiger partial charge on any atom is -0.379 e. The molecule has 0 saturated carbocycles. The highest BCUT2D eigenvalue weighted by Gasteiger charge is 2.23. The lowest BCUT2D eigenvalue weighted by Gasteiger charge is -2.25. The summed E-state index contributed by atoms with van der Waals surface area (Å²) in [5.74, 6) is 2.96. The van der Waals surface area contributed by atoms with Crippen molar-refractivity contribution >= 4 is 40.0 Å². The third-order valence-corrected chi connectivity index (χ3v) is 4.54. The first kappa shape index (κ1) is 20.4. The molecule has 7 nitrogen and oxygen atoms in total. The monoisotopic (exact) mass is 430 g/mol. The lowest BCUT2D eigenvalue weighted by Crippen LogP contribution is -2.42. The summed E-state index contributed by atoms with van der Waals surface area (Å²) in [6, 6.07) is 0. The van der Waals surface area contributed by atoms with Crippen LogP contribution in [0.1, 0.15) is 6.92 Å². The standard InChI is InChI=1S/C12H22N4O3S.HI/c1-3-5-14-12(13-4-2)15-6-11-20(17,18)16-7-9-19-10-8-16;/h1H,4-11H2,2H3,(H2,13,14,15);1H. The Kier molecular flexibility index (Phi) is 10.8. The molecule has 0 aromatic carbocycles. The van der Waals surface area contributed by atoms with Gasteiger partial charge in [-0.15, -0.1) is 30.4 Å². The van der Waals surface area contributed by atoms with Crippen LogP contribution in [0.5, 0.6) is 0 Å². The topological polar surface area (TPSA) is 83.0 Å². The van der Waals surface area contributed by atoms with E-state index in [0.29, 0.717) is 45.4 Å². The normalized spacial score (nSPS) is 16.7. The Morgan fingerprint density at radius 1 is 1.38 bits per heavy atom. The van der Waals surface area contributed by atoms with Crippen molar-refractivity contribution in [3.8, 4) is 12.3 Å². The van der Waals surface area contributed by atoms with Gasteiger partial charge in [-0.25, -0.2) is 8.42 Å². The molecule has 0 unspecified atom stereocenters. The molecule has 0 atom stereocenters. The minimum absolute atomic E-state index is 0. The van der Waals surface area contributed by atoms with Crippen molar-refractivity contribution in [1.29, 1.82) is 0 Å². The Bertz CT molecular complexity index is 456. The van der Waals surface area contributed by atoms with Crippen LogP contribution in [-0.4, -0.2) is 70.4 Å². The SMILES string of the molecule is C#CCNC(=NCCS(=O)(=O)N1CCOCC1)NCC.I. The average molecular weight is 430 g/mol. The van der Waals surface area contributed by atoms with Crippen LogP contribution in [0.25, 0.3) is 0 Å². The maximum Gasteiger partial charge on any atom is 0.216 e. The fourth-order valence-electron chi connectivity index (χ4n) is 1.70. The van der Waals surface area contributed by atoms with E-state index in [9.17, 15) is 8.42 Å². The molecule has 1 aliphatic rings. The van der Waals surface area contributed by atoms with Crippen molar-refractivity contribution in [2.75, 3.05) is 51.7 Å². The highest BCUT2D eigenvalue weighted by atomic mass is 127. The highest BCUT2D eigenvalue weighted by Crippen LogP contribution is 2.05. The third kappa shape index (κ3) is 7.85. The zero-order chi connectivity index (χ0) is 14.8. The maximum absolute atomic E-state index is 12.1. The Balaban J connectivity index is 0.00000400. The van der Waals surface area contributed by atoms with E-state index in [1.807, 2.05) is 6.92 Å². The number of terminal acetylenes is 1. The summed E-state index contributed by atoms with van der Waals surface area (Å²) >= 11 is 0. The number of hydrogen-bond acceptors (Lipinski definition) is 4. The number of aliphatic imine (C=N–C) groups is 1. The van der Waals surface area contributed by atoms with E-state index in [4.69, 9.17) is 11.2 Å². The number of halogens is 1. The molecule has 0 aromatic heterocycles. The van der Waals surface area contributed by atoms with Crippen molar-refractivity contribution < 1.29 is 13.2 Å². The van der Waals surface area contributed by atoms with Crippen LogP contribution in [0.3, 0.4) is 0 Å². The van der Waals surface area contributed by atoms with E-state index < -0.39 is 10.0 Å². The predicted octanol–water partition coefficient (Wildman–Crippen LogP) is -0.545. The van der Waals surface area contributed by atoms with Gasteiger partial charge in [-0.05, 0) is 6.92 Å². The number of nitrogens with zero attached hydrogens (tertiary/aromatic N) is 2. The van der Waals surface area contributed by atoms with Crippen LogP contribution >= 0.6 is 24.0 Å². The molecule has 0 amide bonds. The maximum atomic E-state index is 12.1. The number of rotatable bonds is 6. The molecular formula is C12H23IN4O3S. The van der Waals surface area contributed by atoms with Crippen LogP contribution in [0.2, 0.25) is 0 Å². The van der Waals surface area contributed by atoms with Gasteiger partial charge in [0.1, 0.15) is 0 Å². The summed E-state index contributed by atoms with van der Waals surface area (Å²) in [5, 5.41) is 5.91. The van der Waals surface area contributed by atoms with Crippen molar-refractivity contribution in [3.63, 3.8) is 0 Å². The second-order valence-corrected chi connectivity index (χ2v) is 6.23. The first-order valence-electron chi connectivity index (χ1n) is 6.61. The second kappa shape index (κ2) is 11.1. The van der Waals surface area contributed by atoms with E-state index in [0.717, 1.165) is 0 Å². The lowest BCUT2D eigenvalue weighted by atomic mass is 10.5. The summed E-state index contributed by atoms with van der Waals surface area (Å²) in [6.45, 7) is 4.90. The van der Waals surface area contributed by atoms with Crippen LogP contribution in [-0.2, 0) is 14.8 Å². The van der Waals surface area contributed by atoms with Crippen LogP contribution in [0.15, 0.2) is 4.99 Å². The molecule has 0 spiro atoms. The van der Waals surface area contributed by atoms with Crippen LogP contribution in [0, 0.1) is 12.3 Å². The summed E-state index contributed by atoms with van der Waals surface area (Å²) in [6.07, 6.45) is 5.16. The Morgan fingerprint density at radius 2 is 2.05 bits per heavy atom. The molecule has 122 valence electrons.